The van der Waals surface area contributed by atoms with Crippen LogP contribution in [0.25, 0.3) is 0 Å². The minimum Gasteiger partial charge on any atom is -0.497 e. The van der Waals surface area contributed by atoms with Crippen LogP contribution >= 0.6 is 0 Å². The van der Waals surface area contributed by atoms with Crippen molar-refractivity contribution in [2.45, 2.75) is 0 Å². The number of ether oxygens (including phenoxy) is 1. The quantitative estimate of drug-likeness (QED) is 0.519. The Morgan fingerprint density at radius 2 is 1.95 bits per heavy atom. The Morgan fingerprint density at radius 1 is 1.29 bits per heavy atom. The molecule has 0 spiro atoms. The molecule has 1 N–H and O–H groups in total. The molecule has 21 heavy (non-hydrogen) atoms. The zero-order chi connectivity index (χ0) is 15.1. The number of piperazine rings is 1. The van der Waals surface area contributed by atoms with Gasteiger partial charge in [0.15, 0.2) is 5.96 Å². The second-order valence-corrected chi connectivity index (χ2v) is 4.89. The zero-order valence-corrected chi connectivity index (χ0v) is 12.9. The lowest BCUT2D eigenvalue weighted by Gasteiger charge is -2.37. The molecule has 5 nitrogen and oxygen atoms in total. The van der Waals surface area contributed by atoms with Crippen molar-refractivity contribution in [1.29, 1.82) is 0 Å². The van der Waals surface area contributed by atoms with E-state index < -0.39 is 0 Å². The summed E-state index contributed by atoms with van der Waals surface area (Å²) in [5.41, 5.74) is 1.24. The summed E-state index contributed by atoms with van der Waals surface area (Å²) >= 11 is 0. The lowest BCUT2D eigenvalue weighted by Crippen LogP contribution is -2.52. The molecule has 0 aromatic heterocycles. The van der Waals surface area contributed by atoms with Crippen LogP contribution in [0.15, 0.2) is 41.9 Å². The van der Waals surface area contributed by atoms with Gasteiger partial charge in [-0.05, 0) is 24.3 Å². The predicted octanol–water partition coefficient (Wildman–Crippen LogP) is 1.58. The molecule has 1 heterocycles. The smallest absolute Gasteiger partial charge is 0.194 e. The van der Waals surface area contributed by atoms with E-state index in [4.69, 9.17) is 4.74 Å². The second kappa shape index (κ2) is 7.57. The predicted molar refractivity (Wildman–Crippen MR) is 88.3 cm³/mol. The van der Waals surface area contributed by atoms with E-state index in [9.17, 15) is 0 Å². The molecule has 1 saturated heterocycles. The van der Waals surface area contributed by atoms with Gasteiger partial charge in [-0.2, -0.15) is 0 Å². The van der Waals surface area contributed by atoms with Gasteiger partial charge in [-0.15, -0.1) is 6.58 Å². The van der Waals surface area contributed by atoms with Crippen molar-refractivity contribution in [3.8, 4) is 5.75 Å². The van der Waals surface area contributed by atoms with Gasteiger partial charge >= 0.3 is 0 Å². The van der Waals surface area contributed by atoms with Crippen LogP contribution in [0.1, 0.15) is 0 Å². The fourth-order valence-corrected chi connectivity index (χ4v) is 2.47. The number of anilines is 1. The number of hydrogen-bond donors (Lipinski definition) is 1. The Bertz CT molecular complexity index is 476. The van der Waals surface area contributed by atoms with Gasteiger partial charge in [0.05, 0.1) is 7.11 Å². The van der Waals surface area contributed by atoms with Crippen molar-refractivity contribution in [3.05, 3.63) is 36.9 Å². The summed E-state index contributed by atoms with van der Waals surface area (Å²) in [5.74, 6) is 1.84. The van der Waals surface area contributed by atoms with Crippen LogP contribution < -0.4 is 15.0 Å². The summed E-state index contributed by atoms with van der Waals surface area (Å²) in [6.45, 7) is 8.36. The van der Waals surface area contributed by atoms with E-state index in [-0.39, 0.29) is 0 Å². The number of aliphatic imine (C=N–C) groups is 1. The Labute approximate surface area is 126 Å². The maximum atomic E-state index is 5.20. The highest BCUT2D eigenvalue weighted by Crippen LogP contribution is 2.20. The van der Waals surface area contributed by atoms with Crippen molar-refractivity contribution >= 4 is 11.6 Å². The number of nitrogens with zero attached hydrogens (tertiary/aromatic N) is 3. The highest BCUT2D eigenvalue weighted by Gasteiger charge is 2.19. The highest BCUT2D eigenvalue weighted by atomic mass is 16.5. The van der Waals surface area contributed by atoms with Crippen LogP contribution in [-0.2, 0) is 0 Å². The largest absolute Gasteiger partial charge is 0.497 e. The molecule has 2 rings (SSSR count). The fraction of sp³-hybridized carbons (Fsp3) is 0.438. The van der Waals surface area contributed by atoms with E-state index in [1.165, 1.54) is 5.69 Å². The van der Waals surface area contributed by atoms with E-state index in [1.807, 2.05) is 25.3 Å². The monoisotopic (exact) mass is 288 g/mol. The van der Waals surface area contributed by atoms with Crippen LogP contribution in [0, 0.1) is 0 Å². The summed E-state index contributed by atoms with van der Waals surface area (Å²) in [4.78, 5) is 8.99. The molecule has 5 heteroatoms. The Balaban J connectivity index is 1.91. The average Bonchev–Trinajstić information content (AvgIpc) is 2.56. The Morgan fingerprint density at radius 3 is 2.48 bits per heavy atom. The number of hydrogen-bond acceptors (Lipinski definition) is 3. The van der Waals surface area contributed by atoms with E-state index >= 15 is 0 Å². The van der Waals surface area contributed by atoms with E-state index in [0.717, 1.165) is 44.4 Å². The third kappa shape index (κ3) is 3.90. The molecule has 0 bridgehead atoms. The first-order valence-electron chi connectivity index (χ1n) is 7.24. The number of nitrogens with one attached hydrogen (secondary N) is 1. The maximum Gasteiger partial charge on any atom is 0.194 e. The summed E-state index contributed by atoms with van der Waals surface area (Å²) in [7, 11) is 3.51. The highest BCUT2D eigenvalue weighted by molar-refractivity contribution is 5.80. The molecule has 1 aliphatic heterocycles. The summed E-state index contributed by atoms with van der Waals surface area (Å²) < 4.78 is 5.20. The van der Waals surface area contributed by atoms with Crippen LogP contribution in [-0.4, -0.2) is 57.7 Å². The third-order valence-electron chi connectivity index (χ3n) is 3.63. The van der Waals surface area contributed by atoms with E-state index in [2.05, 4.69) is 38.8 Å². The fourth-order valence-electron chi connectivity index (χ4n) is 2.47. The van der Waals surface area contributed by atoms with E-state index in [1.54, 1.807) is 7.11 Å². The molecule has 0 amide bonds. The lowest BCUT2D eigenvalue weighted by atomic mass is 10.2. The average molecular weight is 288 g/mol. The van der Waals surface area contributed by atoms with Crippen molar-refractivity contribution < 1.29 is 4.74 Å². The molecular weight excluding hydrogens is 264 g/mol. The van der Waals surface area contributed by atoms with Crippen molar-refractivity contribution in [3.63, 3.8) is 0 Å². The normalized spacial score (nSPS) is 15.8. The number of guanidine groups is 1. The maximum absolute atomic E-state index is 5.20. The molecule has 0 atom stereocenters. The molecular formula is C16H24N4O. The van der Waals surface area contributed by atoms with Gasteiger partial charge in [0.25, 0.3) is 0 Å². The van der Waals surface area contributed by atoms with Crippen LogP contribution in [0.2, 0.25) is 0 Å². The van der Waals surface area contributed by atoms with Gasteiger partial charge in [-0.1, -0.05) is 6.08 Å². The molecule has 0 saturated carbocycles. The first-order valence-corrected chi connectivity index (χ1v) is 7.24. The number of rotatable bonds is 4. The van der Waals surface area contributed by atoms with Crippen molar-refractivity contribution in [2.75, 3.05) is 51.8 Å². The molecule has 1 aliphatic rings. The Hall–Kier alpha value is -2.17. The number of methoxy groups -OCH3 is 1. The first-order chi connectivity index (χ1) is 10.3. The van der Waals surface area contributed by atoms with Crippen molar-refractivity contribution in [1.82, 2.24) is 10.2 Å². The minimum atomic E-state index is 0.741. The molecule has 0 aliphatic carbocycles. The van der Waals surface area contributed by atoms with Gasteiger partial charge in [0, 0.05) is 45.5 Å². The van der Waals surface area contributed by atoms with Gasteiger partial charge in [0.1, 0.15) is 5.75 Å². The lowest BCUT2D eigenvalue weighted by molar-refractivity contribution is 0.374. The molecule has 0 unspecified atom stereocenters. The van der Waals surface area contributed by atoms with Crippen LogP contribution in [0.3, 0.4) is 0 Å². The molecule has 1 fully saturated rings. The van der Waals surface area contributed by atoms with Gasteiger partial charge in [0.2, 0.25) is 0 Å². The van der Waals surface area contributed by atoms with Crippen molar-refractivity contribution in [2.24, 2.45) is 4.99 Å². The summed E-state index contributed by atoms with van der Waals surface area (Å²) in [6, 6.07) is 8.23. The van der Waals surface area contributed by atoms with Gasteiger partial charge < -0.3 is 19.9 Å². The molecule has 1 aromatic carbocycles. The Kier molecular flexibility index (Phi) is 5.49. The third-order valence-corrected chi connectivity index (χ3v) is 3.63. The first kappa shape index (κ1) is 15.2. The number of benzene rings is 1. The standard InChI is InChI=1S/C16H24N4O/c1-4-9-18-16(17-2)20-12-10-19(11-13-20)14-5-7-15(21-3)8-6-14/h4-8H,1,9-13H2,2-3H3,(H,17,18). The summed E-state index contributed by atoms with van der Waals surface area (Å²) in [5, 5.41) is 3.28. The van der Waals surface area contributed by atoms with Crippen LogP contribution in [0.5, 0.6) is 5.75 Å². The summed E-state index contributed by atoms with van der Waals surface area (Å²) in [6.07, 6.45) is 1.85. The SMILES string of the molecule is C=CCNC(=NC)N1CCN(c2ccc(OC)cc2)CC1. The van der Waals surface area contributed by atoms with Crippen LogP contribution in [0.4, 0.5) is 5.69 Å². The zero-order valence-electron chi connectivity index (χ0n) is 12.9. The topological polar surface area (TPSA) is 40.1 Å². The molecule has 0 radical (unpaired) electrons. The minimum absolute atomic E-state index is 0.741. The molecule has 1 aromatic rings. The van der Waals surface area contributed by atoms with Gasteiger partial charge in [-0.25, -0.2) is 0 Å². The van der Waals surface area contributed by atoms with Gasteiger partial charge in [-0.3, -0.25) is 4.99 Å². The van der Waals surface area contributed by atoms with E-state index in [0.29, 0.717) is 0 Å². The second-order valence-electron chi connectivity index (χ2n) is 4.89. The molecule has 114 valence electrons.